The number of unbranched alkanes of at least 4 members (excludes halogenated alkanes) is 2. The minimum atomic E-state index is 0.266. The monoisotopic (exact) mass is 211 g/mol. The zero-order chi connectivity index (χ0) is 11.1. The van der Waals surface area contributed by atoms with Crippen molar-refractivity contribution in [3.8, 4) is 0 Å². The zero-order valence-electron chi connectivity index (χ0n) is 10.2. The molecule has 1 fully saturated rings. The molecule has 0 bridgehead atoms. The molecule has 15 heavy (non-hydrogen) atoms. The van der Waals surface area contributed by atoms with E-state index >= 15 is 0 Å². The Morgan fingerprint density at radius 1 is 1.27 bits per heavy atom. The van der Waals surface area contributed by atoms with E-state index in [1.165, 1.54) is 38.5 Å². The van der Waals surface area contributed by atoms with Gasteiger partial charge in [0.1, 0.15) is 0 Å². The van der Waals surface area contributed by atoms with Gasteiger partial charge in [-0.3, -0.25) is 4.79 Å². The van der Waals surface area contributed by atoms with Gasteiger partial charge in [-0.05, 0) is 25.2 Å². The number of nitrogens with one attached hydrogen (secondary N) is 1. The molecular weight excluding hydrogens is 186 g/mol. The maximum Gasteiger partial charge on any atom is 0.220 e. The highest BCUT2D eigenvalue weighted by Gasteiger charge is 2.22. The van der Waals surface area contributed by atoms with Gasteiger partial charge in [0.2, 0.25) is 5.91 Å². The predicted molar refractivity (Wildman–Crippen MR) is 63.7 cm³/mol. The van der Waals surface area contributed by atoms with E-state index in [9.17, 15) is 4.79 Å². The van der Waals surface area contributed by atoms with Gasteiger partial charge in [-0.2, -0.15) is 0 Å². The number of amides is 1. The third kappa shape index (κ3) is 4.67. The van der Waals surface area contributed by atoms with Crippen molar-refractivity contribution in [3.63, 3.8) is 0 Å². The van der Waals surface area contributed by atoms with E-state index in [2.05, 4.69) is 19.2 Å². The summed E-state index contributed by atoms with van der Waals surface area (Å²) in [6.07, 6.45) is 9.20. The molecule has 0 aromatic carbocycles. The van der Waals surface area contributed by atoms with E-state index in [4.69, 9.17) is 0 Å². The van der Waals surface area contributed by atoms with Crippen LogP contribution in [0.5, 0.6) is 0 Å². The van der Waals surface area contributed by atoms with Crippen LogP contribution in [0, 0.1) is 5.92 Å². The summed E-state index contributed by atoms with van der Waals surface area (Å²) in [6.45, 7) is 4.43. The molecule has 1 rings (SSSR count). The minimum Gasteiger partial charge on any atom is -0.353 e. The Bertz CT molecular complexity index is 191. The molecule has 0 aromatic rings. The van der Waals surface area contributed by atoms with E-state index in [1.54, 1.807) is 0 Å². The van der Waals surface area contributed by atoms with Gasteiger partial charge < -0.3 is 5.32 Å². The van der Waals surface area contributed by atoms with Crippen molar-refractivity contribution in [3.05, 3.63) is 0 Å². The third-order valence-electron chi connectivity index (χ3n) is 3.47. The smallest absolute Gasteiger partial charge is 0.220 e. The predicted octanol–water partition coefficient (Wildman–Crippen LogP) is 3.26. The second-order valence-electron chi connectivity index (χ2n) is 4.89. The third-order valence-corrected chi connectivity index (χ3v) is 3.47. The molecule has 1 N–H and O–H groups in total. The quantitative estimate of drug-likeness (QED) is 0.695. The lowest BCUT2D eigenvalue weighted by atomic mass is 9.86. The first kappa shape index (κ1) is 12.5. The molecule has 1 saturated carbocycles. The Morgan fingerprint density at radius 2 is 2.00 bits per heavy atom. The molecule has 2 heteroatoms. The fraction of sp³-hybridized carbons (Fsp3) is 0.923. The van der Waals surface area contributed by atoms with Crippen LogP contribution in [0.15, 0.2) is 0 Å². The SMILES string of the molecule is CCCCCC(=O)NC1CCCCC1C. The van der Waals surface area contributed by atoms with Crippen LogP contribution in [-0.4, -0.2) is 11.9 Å². The van der Waals surface area contributed by atoms with E-state index in [0.29, 0.717) is 12.0 Å². The maximum absolute atomic E-state index is 11.6. The van der Waals surface area contributed by atoms with E-state index in [0.717, 1.165) is 12.8 Å². The Balaban J connectivity index is 2.18. The van der Waals surface area contributed by atoms with Crippen molar-refractivity contribution in [1.29, 1.82) is 0 Å². The second kappa shape index (κ2) is 6.86. The highest BCUT2D eigenvalue weighted by atomic mass is 16.1. The van der Waals surface area contributed by atoms with Crippen LogP contribution in [0.3, 0.4) is 0 Å². The molecule has 0 heterocycles. The minimum absolute atomic E-state index is 0.266. The number of carbonyl (C=O) groups excluding carboxylic acids is 1. The molecular formula is C13H25NO. The van der Waals surface area contributed by atoms with Crippen LogP contribution in [-0.2, 0) is 4.79 Å². The number of hydrogen-bond acceptors (Lipinski definition) is 1. The maximum atomic E-state index is 11.6. The Hall–Kier alpha value is -0.530. The van der Waals surface area contributed by atoms with Crippen molar-refractivity contribution in [2.75, 3.05) is 0 Å². The summed E-state index contributed by atoms with van der Waals surface area (Å²) in [7, 11) is 0. The summed E-state index contributed by atoms with van der Waals surface area (Å²) in [4.78, 5) is 11.6. The molecule has 0 saturated heterocycles. The Morgan fingerprint density at radius 3 is 2.67 bits per heavy atom. The lowest BCUT2D eigenvalue weighted by Gasteiger charge is -2.29. The van der Waals surface area contributed by atoms with E-state index in [1.807, 2.05) is 0 Å². The van der Waals surface area contributed by atoms with Crippen molar-refractivity contribution < 1.29 is 4.79 Å². The van der Waals surface area contributed by atoms with Crippen LogP contribution in [0.4, 0.5) is 0 Å². The first-order chi connectivity index (χ1) is 7.24. The molecule has 2 atom stereocenters. The molecule has 1 amide bonds. The summed E-state index contributed by atoms with van der Waals surface area (Å²) in [6, 6.07) is 0.452. The fourth-order valence-corrected chi connectivity index (χ4v) is 2.35. The molecule has 0 aliphatic heterocycles. The highest BCUT2D eigenvalue weighted by Crippen LogP contribution is 2.23. The molecule has 0 aromatic heterocycles. The van der Waals surface area contributed by atoms with E-state index in [-0.39, 0.29) is 5.91 Å². The summed E-state index contributed by atoms with van der Waals surface area (Å²) >= 11 is 0. The average molecular weight is 211 g/mol. The van der Waals surface area contributed by atoms with Crippen LogP contribution in [0.25, 0.3) is 0 Å². The average Bonchev–Trinajstić information content (AvgIpc) is 2.22. The molecule has 88 valence electrons. The first-order valence-electron chi connectivity index (χ1n) is 6.53. The zero-order valence-corrected chi connectivity index (χ0v) is 10.2. The summed E-state index contributed by atoms with van der Waals surface area (Å²) in [5.41, 5.74) is 0. The number of hydrogen-bond donors (Lipinski definition) is 1. The lowest BCUT2D eigenvalue weighted by Crippen LogP contribution is -2.40. The topological polar surface area (TPSA) is 29.1 Å². The van der Waals surface area contributed by atoms with Crippen molar-refractivity contribution >= 4 is 5.91 Å². The van der Waals surface area contributed by atoms with Gasteiger partial charge in [-0.15, -0.1) is 0 Å². The number of rotatable bonds is 5. The van der Waals surface area contributed by atoms with Crippen LogP contribution >= 0.6 is 0 Å². The second-order valence-corrected chi connectivity index (χ2v) is 4.89. The van der Waals surface area contributed by atoms with Crippen molar-refractivity contribution in [2.45, 2.75) is 71.3 Å². The van der Waals surface area contributed by atoms with Gasteiger partial charge in [0.05, 0.1) is 0 Å². The van der Waals surface area contributed by atoms with Gasteiger partial charge in [0.25, 0.3) is 0 Å². The molecule has 2 unspecified atom stereocenters. The Kier molecular flexibility index (Phi) is 5.74. The van der Waals surface area contributed by atoms with Gasteiger partial charge in [-0.1, -0.05) is 39.5 Å². The van der Waals surface area contributed by atoms with Crippen LogP contribution < -0.4 is 5.32 Å². The largest absolute Gasteiger partial charge is 0.353 e. The van der Waals surface area contributed by atoms with Crippen molar-refractivity contribution in [1.82, 2.24) is 5.32 Å². The lowest BCUT2D eigenvalue weighted by molar-refractivity contribution is -0.122. The van der Waals surface area contributed by atoms with Gasteiger partial charge in [0, 0.05) is 12.5 Å². The summed E-state index contributed by atoms with van der Waals surface area (Å²) < 4.78 is 0. The van der Waals surface area contributed by atoms with Gasteiger partial charge >= 0.3 is 0 Å². The molecule has 0 spiro atoms. The van der Waals surface area contributed by atoms with Crippen LogP contribution in [0.1, 0.15) is 65.2 Å². The van der Waals surface area contributed by atoms with Gasteiger partial charge in [-0.25, -0.2) is 0 Å². The summed E-state index contributed by atoms with van der Waals surface area (Å²) in [5, 5.41) is 3.19. The molecule has 1 aliphatic carbocycles. The standard InChI is InChI=1S/C13H25NO/c1-3-4-5-10-13(15)14-12-9-7-6-8-11(12)2/h11-12H,3-10H2,1-2H3,(H,14,15). The first-order valence-corrected chi connectivity index (χ1v) is 6.53. The fourth-order valence-electron chi connectivity index (χ4n) is 2.35. The van der Waals surface area contributed by atoms with E-state index < -0.39 is 0 Å². The van der Waals surface area contributed by atoms with Crippen molar-refractivity contribution in [2.24, 2.45) is 5.92 Å². The Labute approximate surface area is 93.8 Å². The van der Waals surface area contributed by atoms with Crippen LogP contribution in [0.2, 0.25) is 0 Å². The molecule has 0 radical (unpaired) electrons. The summed E-state index contributed by atoms with van der Waals surface area (Å²) in [5.74, 6) is 0.941. The molecule has 1 aliphatic rings. The normalized spacial score (nSPS) is 26.3. The molecule has 2 nitrogen and oxygen atoms in total. The highest BCUT2D eigenvalue weighted by molar-refractivity contribution is 5.76. The van der Waals surface area contributed by atoms with Gasteiger partial charge in [0.15, 0.2) is 0 Å². The number of carbonyl (C=O) groups is 1.